The molecule has 4 aromatic carbocycles. The molecule has 73 heavy (non-hydrogen) atoms. The van der Waals surface area contributed by atoms with Crippen LogP contribution in [-0.4, -0.2) is 147 Å². The zero-order valence-electron chi connectivity index (χ0n) is 43.1. The number of nitrogens with one attached hydrogen (secondary N) is 2. The predicted octanol–water partition coefficient (Wildman–Crippen LogP) is 9.88. The molecule has 0 aromatic heterocycles. The molecule has 2 heterocycles. The Balaban J connectivity index is 0.948. The molecule has 19 heteroatoms. The van der Waals surface area contributed by atoms with Crippen molar-refractivity contribution in [3.8, 4) is 0 Å². The van der Waals surface area contributed by atoms with E-state index in [4.69, 9.17) is 20.6 Å². The molecule has 2 N–H and O–H groups in total. The van der Waals surface area contributed by atoms with Crippen molar-refractivity contribution in [1.29, 1.82) is 0 Å². The molecule has 1 aliphatic carbocycles. The normalized spacial score (nSPS) is 17.9. The summed E-state index contributed by atoms with van der Waals surface area (Å²) in [7, 11) is -11.5. The van der Waals surface area contributed by atoms with Crippen molar-refractivity contribution in [1.82, 2.24) is 19.4 Å². The Labute approximate surface area is 444 Å². The molecular weight excluding hydrogens is 1020 g/mol. The van der Waals surface area contributed by atoms with Crippen molar-refractivity contribution in [3.63, 3.8) is 0 Å². The third kappa shape index (κ3) is 16.6. The summed E-state index contributed by atoms with van der Waals surface area (Å²) in [4.78, 5) is 23.6. The first kappa shape index (κ1) is 57.0. The third-order valence-corrected chi connectivity index (χ3v) is 20.0. The number of nitrogens with zero attached hydrogens (tertiary/aromatic N) is 4. The fraction of sp³-hybridized carbons (Fsp3) is 0.500. The topological polar surface area (TPSA) is 158 Å². The van der Waals surface area contributed by atoms with Crippen LogP contribution in [0.15, 0.2) is 117 Å². The summed E-state index contributed by atoms with van der Waals surface area (Å²) in [5.74, 6) is -0.186. The number of carbonyl (C=O) groups is 1. The van der Waals surface area contributed by atoms with Gasteiger partial charge < -0.3 is 29.1 Å². The molecule has 1 atom stereocenters. The second kappa shape index (κ2) is 25.9. The number of sulfonamides is 1. The summed E-state index contributed by atoms with van der Waals surface area (Å²) in [5, 5.41) is 4.20. The lowest BCUT2D eigenvalue weighted by Crippen LogP contribution is -2.47. The van der Waals surface area contributed by atoms with E-state index in [1.54, 1.807) is 23.9 Å². The Kier molecular flexibility index (Phi) is 20.2. The minimum Gasteiger partial charge on any atom is -0.380 e. The van der Waals surface area contributed by atoms with E-state index in [-0.39, 0.29) is 26.8 Å². The van der Waals surface area contributed by atoms with Crippen LogP contribution in [-0.2, 0) is 33.5 Å². The maximum absolute atomic E-state index is 13.8. The third-order valence-electron chi connectivity index (χ3n) is 13.9. The van der Waals surface area contributed by atoms with E-state index < -0.39 is 33.4 Å². The van der Waals surface area contributed by atoms with Gasteiger partial charge in [0.15, 0.2) is 9.84 Å². The van der Waals surface area contributed by atoms with Gasteiger partial charge in [-0.25, -0.2) is 21.6 Å². The van der Waals surface area contributed by atoms with Crippen LogP contribution < -0.4 is 14.9 Å². The van der Waals surface area contributed by atoms with Gasteiger partial charge in [-0.05, 0) is 136 Å². The van der Waals surface area contributed by atoms with Crippen molar-refractivity contribution in [2.24, 2.45) is 5.41 Å². The zero-order chi connectivity index (χ0) is 52.2. The average Bonchev–Trinajstić information content (AvgIpc) is 3.36. The van der Waals surface area contributed by atoms with E-state index in [2.05, 4.69) is 55.6 Å². The van der Waals surface area contributed by atoms with E-state index >= 15 is 0 Å². The van der Waals surface area contributed by atoms with Crippen LogP contribution in [0.3, 0.4) is 0 Å². The molecule has 398 valence electrons. The first-order valence-electron chi connectivity index (χ1n) is 25.5. The highest BCUT2D eigenvalue weighted by Gasteiger charge is 2.31. The molecule has 3 aliphatic rings. The van der Waals surface area contributed by atoms with Crippen LogP contribution in [0.2, 0.25) is 5.02 Å². The second-order valence-electron chi connectivity index (χ2n) is 20.1. The summed E-state index contributed by atoms with van der Waals surface area (Å²) in [5.41, 5.74) is 5.84. The molecule has 2 fully saturated rings. The second-order valence-corrected chi connectivity index (χ2v) is 27.4. The fourth-order valence-electron chi connectivity index (χ4n) is 9.91. The number of sulfone groups is 1. The standard InChI is InChI=1S/C54H74ClN6O8PS3/c1-6-68-70(63,69-7-2)37-11-27-58-29-31-59(32-30-58)28-25-46(41-71-48-12-9-8-10-13-48)56-51-23-22-49(38-52(51)72(5,64)65)73(66,67)57-53(62)43-16-20-47(21-17-43)61-35-33-60(34-36-61)40-44-39-54(3,4)26-24-50(44)42-14-18-45(55)19-15-42/h8-10,12-23,38,46,56H,6-7,11,24-37,39-41H2,1-5H3,(H,57,62)/t46-/m1/s1. The molecule has 1 amide bonds. The van der Waals surface area contributed by atoms with Gasteiger partial charge >= 0.3 is 7.60 Å². The number of carbonyl (C=O) groups excluding carboxylic acids is 1. The molecule has 4 aromatic rings. The van der Waals surface area contributed by atoms with Crippen molar-refractivity contribution >= 4 is 73.7 Å². The lowest BCUT2D eigenvalue weighted by molar-refractivity contribution is 0.0981. The largest absolute Gasteiger partial charge is 0.380 e. The van der Waals surface area contributed by atoms with Gasteiger partial charge in [-0.3, -0.25) is 14.3 Å². The monoisotopic (exact) mass is 1100 g/mol. The Bertz CT molecular complexity index is 2760. The van der Waals surface area contributed by atoms with Gasteiger partial charge in [-0.2, -0.15) is 0 Å². The van der Waals surface area contributed by atoms with Gasteiger partial charge in [0, 0.05) is 105 Å². The number of hydrogen-bond donors (Lipinski definition) is 2. The van der Waals surface area contributed by atoms with Crippen molar-refractivity contribution in [3.05, 3.63) is 119 Å². The Morgan fingerprint density at radius 1 is 0.808 bits per heavy atom. The molecule has 0 saturated carbocycles. The predicted molar refractivity (Wildman–Crippen MR) is 298 cm³/mol. The number of anilines is 2. The van der Waals surface area contributed by atoms with E-state index in [9.17, 15) is 26.2 Å². The number of halogens is 1. The minimum absolute atomic E-state index is 0.167. The lowest BCUT2D eigenvalue weighted by atomic mass is 9.73. The maximum atomic E-state index is 13.8. The number of allylic oxidation sites excluding steroid dienone is 1. The minimum atomic E-state index is -4.47. The van der Waals surface area contributed by atoms with E-state index in [0.717, 1.165) is 126 Å². The zero-order valence-corrected chi connectivity index (χ0v) is 47.2. The molecule has 0 unspecified atom stereocenters. The van der Waals surface area contributed by atoms with Crippen LogP contribution >= 0.6 is 31.0 Å². The van der Waals surface area contributed by atoms with Gasteiger partial charge in [0.25, 0.3) is 15.9 Å². The number of piperazine rings is 2. The van der Waals surface area contributed by atoms with E-state index in [0.29, 0.717) is 37.2 Å². The number of thioether (sulfide) groups is 1. The molecule has 2 saturated heterocycles. The first-order chi connectivity index (χ1) is 34.8. The molecule has 7 rings (SSSR count). The highest BCUT2D eigenvalue weighted by molar-refractivity contribution is 7.99. The number of rotatable bonds is 24. The lowest BCUT2D eigenvalue weighted by Gasteiger charge is -2.39. The Morgan fingerprint density at radius 2 is 1.44 bits per heavy atom. The summed E-state index contributed by atoms with van der Waals surface area (Å²) in [6, 6.07) is 28.9. The number of benzene rings is 4. The quantitative estimate of drug-likeness (QED) is 0.0505. The van der Waals surface area contributed by atoms with Crippen LogP contribution in [0.1, 0.15) is 75.7 Å². The highest BCUT2D eigenvalue weighted by atomic mass is 35.5. The molecule has 14 nitrogen and oxygen atoms in total. The highest BCUT2D eigenvalue weighted by Crippen LogP contribution is 2.48. The molecular formula is C54H74ClN6O8PS3. The van der Waals surface area contributed by atoms with Gasteiger partial charge in [0.1, 0.15) is 0 Å². The number of hydrogen-bond acceptors (Lipinski definition) is 14. The maximum Gasteiger partial charge on any atom is 0.330 e. The first-order valence-corrected chi connectivity index (χ1v) is 32.0. The van der Waals surface area contributed by atoms with Crippen molar-refractivity contribution < 1.29 is 35.2 Å². The fourth-order valence-corrected chi connectivity index (χ4v) is 14.6. The van der Waals surface area contributed by atoms with Gasteiger partial charge in [-0.15, -0.1) is 11.8 Å². The van der Waals surface area contributed by atoms with Crippen LogP contribution in [0, 0.1) is 5.41 Å². The average molecular weight is 1100 g/mol. The van der Waals surface area contributed by atoms with Gasteiger partial charge in [-0.1, -0.05) is 61.4 Å². The summed E-state index contributed by atoms with van der Waals surface area (Å²) >= 11 is 7.88. The summed E-state index contributed by atoms with van der Waals surface area (Å²) < 4.78 is 80.3. The molecule has 0 bridgehead atoms. The van der Waals surface area contributed by atoms with Crippen LogP contribution in [0.5, 0.6) is 0 Å². The smallest absolute Gasteiger partial charge is 0.330 e. The van der Waals surface area contributed by atoms with E-state index in [1.165, 1.54) is 28.8 Å². The van der Waals surface area contributed by atoms with Crippen molar-refractivity contribution in [2.45, 2.75) is 80.5 Å². The van der Waals surface area contributed by atoms with Crippen molar-refractivity contribution in [2.75, 3.05) is 114 Å². The molecule has 2 aliphatic heterocycles. The number of amides is 1. The summed E-state index contributed by atoms with van der Waals surface area (Å²) in [6.45, 7) is 18.3. The van der Waals surface area contributed by atoms with Crippen LogP contribution in [0.25, 0.3) is 5.57 Å². The summed E-state index contributed by atoms with van der Waals surface area (Å²) in [6.07, 6.45) is 6.12. The molecule has 0 spiro atoms. The molecule has 0 radical (unpaired) electrons. The Morgan fingerprint density at radius 3 is 2.07 bits per heavy atom. The van der Waals surface area contributed by atoms with Crippen LogP contribution in [0.4, 0.5) is 11.4 Å². The van der Waals surface area contributed by atoms with Gasteiger partial charge in [0.05, 0.1) is 34.9 Å². The van der Waals surface area contributed by atoms with Gasteiger partial charge in [0.2, 0.25) is 0 Å². The SMILES string of the molecule is CCOP(=O)(CCCN1CCN(CC[C@H](CSc2ccccc2)Nc2ccc(S(=O)(=O)NC(=O)c3ccc(N4CCN(CC5=C(c6ccc(Cl)cc6)CCC(C)(C)C5)CC4)cc3)cc2S(C)(=O)=O)CC1)OCC. The Hall–Kier alpha value is -3.74. The van der Waals surface area contributed by atoms with E-state index in [1.807, 2.05) is 68.4 Å².